The molecule has 36 heavy (non-hydrogen) atoms. The summed E-state index contributed by atoms with van der Waals surface area (Å²) in [6, 6.07) is 12.3. The number of aliphatic hydroxyl groups excluding tert-OH is 1. The standard InChI is InChI=1S/C28H29F2NO5/c1-17-14-19(4-8-21(17)29)27-24(34-2)10-11-26(31-27)28(30,16-32)13-12-22(33)18-5-9-23(25(15-18)35-3)36-20-6-7-20/h4-5,8-11,14-15,20,32H,6-7,12-13,16H2,1-3H3. The molecule has 2 aromatic carbocycles. The third-order valence-electron chi connectivity index (χ3n) is 6.27. The molecule has 190 valence electrons. The van der Waals surface area contributed by atoms with Gasteiger partial charge in [-0.05, 0) is 80.3 Å². The van der Waals surface area contributed by atoms with Crippen molar-refractivity contribution >= 4 is 5.78 Å². The summed E-state index contributed by atoms with van der Waals surface area (Å²) in [7, 11) is 2.95. The van der Waals surface area contributed by atoms with Crippen LogP contribution in [0.25, 0.3) is 11.3 Å². The molecule has 0 aliphatic heterocycles. The number of hydrogen-bond donors (Lipinski definition) is 1. The fourth-order valence-electron chi connectivity index (χ4n) is 3.91. The van der Waals surface area contributed by atoms with E-state index in [0.29, 0.717) is 39.6 Å². The molecule has 0 bridgehead atoms. The minimum atomic E-state index is -2.27. The Balaban J connectivity index is 1.55. The lowest BCUT2D eigenvalue weighted by atomic mass is 9.92. The number of rotatable bonds is 11. The number of nitrogens with zero attached hydrogens (tertiary/aromatic N) is 1. The second-order valence-electron chi connectivity index (χ2n) is 8.94. The molecule has 1 atom stereocenters. The van der Waals surface area contributed by atoms with Crippen molar-refractivity contribution in [1.82, 2.24) is 4.98 Å². The molecule has 4 rings (SSSR count). The van der Waals surface area contributed by atoms with E-state index in [4.69, 9.17) is 14.2 Å². The van der Waals surface area contributed by atoms with Gasteiger partial charge in [0.1, 0.15) is 17.3 Å². The average Bonchev–Trinajstić information content (AvgIpc) is 3.72. The maximum atomic E-state index is 16.0. The van der Waals surface area contributed by atoms with Gasteiger partial charge in [0.15, 0.2) is 23.0 Å². The first kappa shape index (κ1) is 25.6. The zero-order valence-corrected chi connectivity index (χ0v) is 20.5. The quantitative estimate of drug-likeness (QED) is 0.349. The highest BCUT2D eigenvalue weighted by Gasteiger charge is 2.35. The normalized spacial score (nSPS) is 14.7. The molecule has 1 saturated carbocycles. The second kappa shape index (κ2) is 10.6. The summed E-state index contributed by atoms with van der Waals surface area (Å²) in [5.41, 5.74) is -0.683. The molecular weight excluding hydrogens is 468 g/mol. The highest BCUT2D eigenvalue weighted by atomic mass is 19.1. The number of pyridine rings is 1. The van der Waals surface area contributed by atoms with Crippen LogP contribution in [0.15, 0.2) is 48.5 Å². The number of ketones is 1. The van der Waals surface area contributed by atoms with E-state index in [1.807, 2.05) is 0 Å². The summed E-state index contributed by atoms with van der Waals surface area (Å²) in [6.45, 7) is 0.756. The van der Waals surface area contributed by atoms with Crippen LogP contribution >= 0.6 is 0 Å². The van der Waals surface area contributed by atoms with Gasteiger partial charge in [0, 0.05) is 17.5 Å². The largest absolute Gasteiger partial charge is 0.494 e. The van der Waals surface area contributed by atoms with Crippen molar-refractivity contribution in [2.75, 3.05) is 20.8 Å². The Hall–Kier alpha value is -3.52. The Kier molecular flexibility index (Phi) is 7.54. The highest BCUT2D eigenvalue weighted by molar-refractivity contribution is 5.96. The third-order valence-corrected chi connectivity index (χ3v) is 6.27. The van der Waals surface area contributed by atoms with Crippen molar-refractivity contribution in [3.8, 4) is 28.5 Å². The smallest absolute Gasteiger partial charge is 0.175 e. The molecule has 1 unspecified atom stereocenters. The van der Waals surface area contributed by atoms with Crippen molar-refractivity contribution < 1.29 is 32.9 Å². The first-order valence-electron chi connectivity index (χ1n) is 11.8. The fourth-order valence-corrected chi connectivity index (χ4v) is 3.91. The van der Waals surface area contributed by atoms with Crippen LogP contribution in [0.5, 0.6) is 17.2 Å². The van der Waals surface area contributed by atoms with E-state index in [1.54, 1.807) is 37.3 Å². The third kappa shape index (κ3) is 5.49. The summed E-state index contributed by atoms with van der Waals surface area (Å²) >= 11 is 0. The molecule has 1 heterocycles. The van der Waals surface area contributed by atoms with E-state index >= 15 is 4.39 Å². The maximum Gasteiger partial charge on any atom is 0.175 e. The highest BCUT2D eigenvalue weighted by Crippen LogP contribution is 2.37. The molecule has 1 aliphatic carbocycles. The SMILES string of the molecule is COc1cc(C(=O)CCC(F)(CO)c2ccc(OC)c(-c3ccc(F)c(C)c3)n2)ccc1OC1CC1. The lowest BCUT2D eigenvalue weighted by molar-refractivity contribution is 0.0520. The topological polar surface area (TPSA) is 77.9 Å². The number of benzene rings is 2. The maximum absolute atomic E-state index is 16.0. The van der Waals surface area contributed by atoms with Crippen LogP contribution in [-0.4, -0.2) is 42.8 Å². The molecule has 8 heteroatoms. The van der Waals surface area contributed by atoms with Gasteiger partial charge in [0.05, 0.1) is 32.6 Å². The number of aromatic nitrogens is 1. The lowest BCUT2D eigenvalue weighted by Crippen LogP contribution is -2.27. The Labute approximate surface area is 208 Å². The molecule has 0 saturated heterocycles. The van der Waals surface area contributed by atoms with E-state index in [0.717, 1.165) is 12.8 Å². The van der Waals surface area contributed by atoms with Crippen LogP contribution in [0.1, 0.15) is 47.3 Å². The van der Waals surface area contributed by atoms with Crippen LogP contribution in [0.4, 0.5) is 8.78 Å². The summed E-state index contributed by atoms with van der Waals surface area (Å²) < 4.78 is 46.2. The van der Waals surface area contributed by atoms with E-state index in [9.17, 15) is 14.3 Å². The Morgan fingerprint density at radius 1 is 1.06 bits per heavy atom. The van der Waals surface area contributed by atoms with Gasteiger partial charge in [-0.15, -0.1) is 0 Å². The van der Waals surface area contributed by atoms with Gasteiger partial charge in [-0.1, -0.05) is 0 Å². The van der Waals surface area contributed by atoms with Gasteiger partial charge in [-0.2, -0.15) is 0 Å². The van der Waals surface area contributed by atoms with Crippen LogP contribution in [0, 0.1) is 12.7 Å². The van der Waals surface area contributed by atoms with Crippen molar-refractivity contribution in [2.45, 2.75) is 44.4 Å². The minimum absolute atomic E-state index is 0.0404. The van der Waals surface area contributed by atoms with Crippen LogP contribution in [-0.2, 0) is 5.67 Å². The van der Waals surface area contributed by atoms with Gasteiger partial charge < -0.3 is 19.3 Å². The number of halogens is 2. The number of alkyl halides is 1. The van der Waals surface area contributed by atoms with Gasteiger partial charge >= 0.3 is 0 Å². The summed E-state index contributed by atoms with van der Waals surface area (Å²) in [6.07, 6.45) is 1.71. The van der Waals surface area contributed by atoms with Crippen molar-refractivity contribution in [3.05, 3.63) is 71.2 Å². The predicted molar refractivity (Wildman–Crippen MR) is 131 cm³/mol. The first-order chi connectivity index (χ1) is 17.3. The zero-order valence-electron chi connectivity index (χ0n) is 20.5. The first-order valence-corrected chi connectivity index (χ1v) is 11.8. The lowest BCUT2D eigenvalue weighted by Gasteiger charge is -2.23. The number of aliphatic hydroxyl groups is 1. The molecule has 0 radical (unpaired) electrons. The zero-order chi connectivity index (χ0) is 25.9. The van der Waals surface area contributed by atoms with Crippen LogP contribution < -0.4 is 14.2 Å². The van der Waals surface area contributed by atoms with Crippen LogP contribution in [0.2, 0.25) is 0 Å². The summed E-state index contributed by atoms with van der Waals surface area (Å²) in [5, 5.41) is 9.96. The average molecular weight is 498 g/mol. The van der Waals surface area contributed by atoms with Crippen molar-refractivity contribution in [2.24, 2.45) is 0 Å². The number of methoxy groups -OCH3 is 2. The van der Waals surface area contributed by atoms with Gasteiger partial charge in [-0.25, -0.2) is 13.8 Å². The van der Waals surface area contributed by atoms with Crippen LogP contribution in [0.3, 0.4) is 0 Å². The fraction of sp³-hybridized carbons (Fsp3) is 0.357. The predicted octanol–water partition coefficient (Wildman–Crippen LogP) is 5.57. The number of hydrogen-bond acceptors (Lipinski definition) is 6. The van der Waals surface area contributed by atoms with Crippen molar-refractivity contribution in [1.29, 1.82) is 0 Å². The Morgan fingerprint density at radius 3 is 2.42 bits per heavy atom. The number of ether oxygens (including phenoxy) is 3. The number of Topliss-reactive ketones (excluding diaryl/α,β-unsaturated/α-hetero) is 1. The molecule has 0 spiro atoms. The second-order valence-corrected chi connectivity index (χ2v) is 8.94. The van der Waals surface area contributed by atoms with E-state index in [2.05, 4.69) is 4.98 Å². The number of carbonyl (C=O) groups excluding carboxylic acids is 1. The molecule has 6 nitrogen and oxygen atoms in total. The molecule has 3 aromatic rings. The monoisotopic (exact) mass is 497 g/mol. The van der Waals surface area contributed by atoms with E-state index in [-0.39, 0.29) is 36.2 Å². The van der Waals surface area contributed by atoms with Crippen molar-refractivity contribution in [3.63, 3.8) is 0 Å². The molecule has 1 fully saturated rings. The molecule has 1 aliphatic rings. The van der Waals surface area contributed by atoms with E-state index < -0.39 is 12.3 Å². The Bertz CT molecular complexity index is 1260. The number of carbonyl (C=O) groups is 1. The minimum Gasteiger partial charge on any atom is -0.494 e. The summed E-state index contributed by atoms with van der Waals surface area (Å²) in [4.78, 5) is 17.3. The van der Waals surface area contributed by atoms with Gasteiger partial charge in [0.25, 0.3) is 0 Å². The van der Waals surface area contributed by atoms with Gasteiger partial charge in [-0.3, -0.25) is 4.79 Å². The summed E-state index contributed by atoms with van der Waals surface area (Å²) in [5.74, 6) is 0.716. The Morgan fingerprint density at radius 2 is 1.78 bits per heavy atom. The molecule has 0 amide bonds. The molecule has 1 aromatic heterocycles. The molecular formula is C28H29F2NO5. The number of aryl methyl sites for hydroxylation is 1. The van der Waals surface area contributed by atoms with Gasteiger partial charge in [0.2, 0.25) is 0 Å². The van der Waals surface area contributed by atoms with E-state index in [1.165, 1.54) is 32.4 Å². The molecule has 1 N–H and O–H groups in total.